The number of thiazole rings is 1. The Morgan fingerprint density at radius 3 is 2.84 bits per heavy atom. The van der Waals surface area contributed by atoms with Crippen LogP contribution in [-0.4, -0.2) is 42.5 Å². The number of methoxy groups -OCH3 is 1. The van der Waals surface area contributed by atoms with Crippen LogP contribution in [0.2, 0.25) is 0 Å². The minimum Gasteiger partial charge on any atom is -0.497 e. The van der Waals surface area contributed by atoms with E-state index in [0.29, 0.717) is 12.1 Å². The number of likely N-dealkylation sites (tertiary alicyclic amines) is 1. The lowest BCUT2D eigenvalue weighted by molar-refractivity contribution is 0.0935. The second-order valence-corrected chi connectivity index (χ2v) is 9.25. The van der Waals surface area contributed by atoms with Crippen molar-refractivity contribution in [3.8, 4) is 5.75 Å². The highest BCUT2D eigenvalue weighted by atomic mass is 32.2. The van der Waals surface area contributed by atoms with Crippen LogP contribution < -0.4 is 10.1 Å². The van der Waals surface area contributed by atoms with Crippen molar-refractivity contribution < 1.29 is 9.53 Å². The minimum atomic E-state index is -0.0338. The zero-order valence-electron chi connectivity index (χ0n) is 17.6. The van der Waals surface area contributed by atoms with Crippen LogP contribution in [0.25, 0.3) is 0 Å². The van der Waals surface area contributed by atoms with Gasteiger partial charge in [-0.2, -0.15) is 0 Å². The number of rotatable bonds is 9. The molecule has 162 valence electrons. The molecular weight excluding hydrogens is 426 g/mol. The molecule has 1 N–H and O–H groups in total. The third-order valence-electron chi connectivity index (χ3n) is 5.51. The Kier molecular flexibility index (Phi) is 7.61. The average molecular weight is 454 g/mol. The molecule has 3 aromatic rings. The predicted octanol–water partition coefficient (Wildman–Crippen LogP) is 5.01. The fourth-order valence-electron chi connectivity index (χ4n) is 3.89. The van der Waals surface area contributed by atoms with E-state index < -0.39 is 0 Å². The van der Waals surface area contributed by atoms with Crippen molar-refractivity contribution in [3.63, 3.8) is 0 Å². The first-order chi connectivity index (χ1) is 15.2. The van der Waals surface area contributed by atoms with E-state index in [2.05, 4.69) is 27.3 Å². The topological polar surface area (TPSA) is 54.5 Å². The third-order valence-corrected chi connectivity index (χ3v) is 7.25. The Labute approximate surface area is 191 Å². The van der Waals surface area contributed by atoms with Crippen molar-refractivity contribution in [2.75, 3.05) is 26.7 Å². The van der Waals surface area contributed by atoms with Crippen LogP contribution in [-0.2, 0) is 5.75 Å². The smallest absolute Gasteiger partial charge is 0.252 e. The molecule has 2 aromatic carbocycles. The molecule has 31 heavy (non-hydrogen) atoms. The fourth-order valence-corrected chi connectivity index (χ4v) is 5.50. The van der Waals surface area contributed by atoms with E-state index >= 15 is 0 Å². The highest BCUT2D eigenvalue weighted by Crippen LogP contribution is 2.29. The number of hydrogen-bond donors (Lipinski definition) is 1. The molecular formula is C24H27N3O2S2. The second kappa shape index (κ2) is 10.8. The first kappa shape index (κ1) is 21.9. The maximum absolute atomic E-state index is 13.1. The molecule has 5 nitrogen and oxygen atoms in total. The minimum absolute atomic E-state index is 0.0338. The summed E-state index contributed by atoms with van der Waals surface area (Å²) in [4.78, 5) is 20.9. The van der Waals surface area contributed by atoms with Crippen LogP contribution in [0, 0.1) is 0 Å². The number of carbonyl (C=O) groups is 1. The van der Waals surface area contributed by atoms with E-state index in [1.807, 2.05) is 47.3 Å². The molecule has 1 amide bonds. The van der Waals surface area contributed by atoms with E-state index in [1.165, 1.54) is 18.4 Å². The molecule has 0 radical (unpaired) electrons. The SMILES string of the molecule is COc1cccc(C(CNC(=O)c2ccccc2SCc2cscn2)N2CCCC2)c1. The summed E-state index contributed by atoms with van der Waals surface area (Å²) in [6.45, 7) is 2.67. The van der Waals surface area contributed by atoms with Gasteiger partial charge in [-0.3, -0.25) is 9.69 Å². The number of nitrogens with zero attached hydrogens (tertiary/aromatic N) is 2. The van der Waals surface area contributed by atoms with Gasteiger partial charge in [-0.25, -0.2) is 4.98 Å². The summed E-state index contributed by atoms with van der Waals surface area (Å²) in [5, 5.41) is 5.24. The summed E-state index contributed by atoms with van der Waals surface area (Å²) in [7, 11) is 1.69. The summed E-state index contributed by atoms with van der Waals surface area (Å²) < 4.78 is 5.42. The Balaban J connectivity index is 1.46. The van der Waals surface area contributed by atoms with Crippen LogP contribution in [0.4, 0.5) is 0 Å². The molecule has 1 aliphatic rings. The maximum atomic E-state index is 13.1. The van der Waals surface area contributed by atoms with Gasteiger partial charge >= 0.3 is 0 Å². The number of aromatic nitrogens is 1. The van der Waals surface area contributed by atoms with Crippen molar-refractivity contribution in [2.24, 2.45) is 0 Å². The van der Waals surface area contributed by atoms with Crippen molar-refractivity contribution >= 4 is 29.0 Å². The Bertz CT molecular complexity index is 988. The number of ether oxygens (including phenoxy) is 1. The average Bonchev–Trinajstić information content (AvgIpc) is 3.53. The molecule has 0 aliphatic carbocycles. The lowest BCUT2D eigenvalue weighted by Crippen LogP contribution is -2.37. The van der Waals surface area contributed by atoms with E-state index in [-0.39, 0.29) is 11.9 Å². The number of amides is 1. The lowest BCUT2D eigenvalue weighted by atomic mass is 10.0. The Morgan fingerprint density at radius 1 is 1.23 bits per heavy atom. The molecule has 2 heterocycles. The molecule has 4 rings (SSSR count). The number of carbonyl (C=O) groups excluding carboxylic acids is 1. The number of nitrogens with one attached hydrogen (secondary N) is 1. The van der Waals surface area contributed by atoms with Gasteiger partial charge in [0, 0.05) is 22.6 Å². The van der Waals surface area contributed by atoms with Gasteiger partial charge in [0.1, 0.15) is 5.75 Å². The zero-order valence-corrected chi connectivity index (χ0v) is 19.3. The lowest BCUT2D eigenvalue weighted by Gasteiger charge is -2.28. The Morgan fingerprint density at radius 2 is 2.06 bits per heavy atom. The Hall–Kier alpha value is -2.35. The monoisotopic (exact) mass is 453 g/mol. The van der Waals surface area contributed by atoms with Crippen molar-refractivity contribution in [2.45, 2.75) is 29.5 Å². The summed E-state index contributed by atoms with van der Waals surface area (Å²) in [5.41, 5.74) is 4.77. The van der Waals surface area contributed by atoms with Crippen molar-refractivity contribution in [3.05, 3.63) is 76.2 Å². The van der Waals surface area contributed by atoms with E-state index in [1.54, 1.807) is 30.2 Å². The quantitative estimate of drug-likeness (QED) is 0.462. The van der Waals surface area contributed by atoms with Crippen LogP contribution in [0.5, 0.6) is 5.75 Å². The molecule has 7 heteroatoms. The maximum Gasteiger partial charge on any atom is 0.252 e. The molecule has 1 fully saturated rings. The van der Waals surface area contributed by atoms with Gasteiger partial charge in [-0.05, 0) is 55.8 Å². The largest absolute Gasteiger partial charge is 0.497 e. The van der Waals surface area contributed by atoms with Crippen LogP contribution in [0.1, 0.15) is 40.5 Å². The van der Waals surface area contributed by atoms with E-state index in [4.69, 9.17) is 4.74 Å². The van der Waals surface area contributed by atoms with E-state index in [9.17, 15) is 4.79 Å². The van der Waals surface area contributed by atoms with Crippen molar-refractivity contribution in [1.29, 1.82) is 0 Å². The normalized spacial score (nSPS) is 15.0. The highest BCUT2D eigenvalue weighted by Gasteiger charge is 2.25. The van der Waals surface area contributed by atoms with Crippen LogP contribution >= 0.6 is 23.1 Å². The van der Waals surface area contributed by atoms with Gasteiger partial charge in [0.2, 0.25) is 0 Å². The third kappa shape index (κ3) is 5.67. The molecule has 1 aliphatic heterocycles. The molecule has 1 saturated heterocycles. The van der Waals surface area contributed by atoms with Gasteiger partial charge in [0.15, 0.2) is 0 Å². The molecule has 0 saturated carbocycles. The van der Waals surface area contributed by atoms with Crippen molar-refractivity contribution in [1.82, 2.24) is 15.2 Å². The molecule has 0 bridgehead atoms. The molecule has 0 spiro atoms. The zero-order chi connectivity index (χ0) is 21.5. The predicted molar refractivity (Wildman–Crippen MR) is 127 cm³/mol. The van der Waals surface area contributed by atoms with Gasteiger partial charge in [0.25, 0.3) is 5.91 Å². The highest BCUT2D eigenvalue weighted by molar-refractivity contribution is 7.98. The number of benzene rings is 2. The second-order valence-electron chi connectivity index (χ2n) is 7.51. The van der Waals surface area contributed by atoms with E-state index in [0.717, 1.165) is 35.2 Å². The summed E-state index contributed by atoms with van der Waals surface area (Å²) in [6, 6.07) is 16.1. The number of thioether (sulfide) groups is 1. The summed E-state index contributed by atoms with van der Waals surface area (Å²) in [5.74, 6) is 1.57. The van der Waals surface area contributed by atoms with Gasteiger partial charge in [-0.1, -0.05) is 24.3 Å². The van der Waals surface area contributed by atoms with Crippen LogP contribution in [0.3, 0.4) is 0 Å². The number of hydrogen-bond acceptors (Lipinski definition) is 6. The van der Waals surface area contributed by atoms with Gasteiger partial charge in [-0.15, -0.1) is 23.1 Å². The van der Waals surface area contributed by atoms with Crippen LogP contribution in [0.15, 0.2) is 64.3 Å². The fraction of sp³-hybridized carbons (Fsp3) is 0.333. The molecule has 1 aromatic heterocycles. The molecule has 1 unspecified atom stereocenters. The summed E-state index contributed by atoms with van der Waals surface area (Å²) in [6.07, 6.45) is 2.40. The summed E-state index contributed by atoms with van der Waals surface area (Å²) >= 11 is 3.24. The standard InChI is InChI=1S/C24H27N3O2S2/c1-29-20-8-6-7-18(13-20)22(27-11-4-5-12-27)14-25-24(28)21-9-2-3-10-23(21)31-16-19-15-30-17-26-19/h2-3,6-10,13,15,17,22H,4-5,11-12,14,16H2,1H3,(H,25,28). The van der Waals surface area contributed by atoms with Gasteiger partial charge < -0.3 is 10.1 Å². The van der Waals surface area contributed by atoms with Gasteiger partial charge in [0.05, 0.1) is 29.9 Å². The molecule has 1 atom stereocenters. The first-order valence-electron chi connectivity index (χ1n) is 10.5. The first-order valence-corrected chi connectivity index (χ1v) is 12.4.